The summed E-state index contributed by atoms with van der Waals surface area (Å²) in [5.41, 5.74) is 2.44. The normalized spacial score (nSPS) is 10.6. The average Bonchev–Trinajstić information content (AvgIpc) is 0.899. The number of amides is 2. The Hall–Kier alpha value is -5.26. The molecule has 4 aromatic rings. The molecular formula is C85H170N10O2. The van der Waals surface area contributed by atoms with Crippen molar-refractivity contribution in [1.29, 1.82) is 0 Å². The molecule has 0 aliphatic heterocycles. The maximum Gasteiger partial charge on any atom is 0.230 e. The third-order valence-electron chi connectivity index (χ3n) is 11.7. The highest BCUT2D eigenvalue weighted by molar-refractivity contribution is 5.73. The van der Waals surface area contributed by atoms with E-state index in [2.05, 4.69) is 275 Å². The third kappa shape index (κ3) is 90.7. The number of aryl methyl sites for hydroxylation is 1. The predicted octanol–water partition coefficient (Wildman–Crippen LogP) is 24.4. The zero-order chi connectivity index (χ0) is 79.0. The van der Waals surface area contributed by atoms with Crippen LogP contribution < -0.4 is 19.6 Å². The first kappa shape index (κ1) is 110. The first-order chi connectivity index (χ1) is 44.0. The van der Waals surface area contributed by atoms with Gasteiger partial charge in [0.25, 0.3) is 0 Å². The van der Waals surface area contributed by atoms with Crippen LogP contribution in [0.1, 0.15) is 295 Å². The van der Waals surface area contributed by atoms with E-state index in [1.807, 2.05) is 149 Å². The molecule has 0 unspecified atom stereocenters. The topological polar surface area (TPSA) is 105 Å². The van der Waals surface area contributed by atoms with Crippen LogP contribution in [0.5, 0.6) is 0 Å². The van der Waals surface area contributed by atoms with Crippen molar-refractivity contribution in [3.63, 3.8) is 0 Å². The number of aromatic nitrogens is 4. The minimum Gasteiger partial charge on any atom is -0.359 e. The molecule has 0 spiro atoms. The highest BCUT2D eigenvalue weighted by atomic mass is 16.2. The molecule has 0 atom stereocenters. The first-order valence-electron chi connectivity index (χ1n) is 36.9. The summed E-state index contributed by atoms with van der Waals surface area (Å²) in [5.74, 6) is 4.60. The summed E-state index contributed by atoms with van der Waals surface area (Å²) in [5, 5.41) is 0. The molecule has 0 bridgehead atoms. The van der Waals surface area contributed by atoms with E-state index in [0.29, 0.717) is 10.8 Å². The molecule has 2 amide bonds. The van der Waals surface area contributed by atoms with Crippen molar-refractivity contribution in [3.05, 3.63) is 96.8 Å². The van der Waals surface area contributed by atoms with Crippen LogP contribution in [0, 0.1) is 50.2 Å². The molecule has 572 valence electrons. The number of hydrogen-bond acceptors (Lipinski definition) is 10. The number of carbonyl (C=O) groups is 2. The molecule has 0 radical (unpaired) electrons. The first-order valence-corrected chi connectivity index (χ1v) is 36.9. The van der Waals surface area contributed by atoms with Crippen LogP contribution in [-0.4, -0.2) is 123 Å². The van der Waals surface area contributed by atoms with E-state index in [4.69, 9.17) is 4.98 Å². The maximum atomic E-state index is 10.7. The molecule has 2 heterocycles. The Morgan fingerprint density at radius 3 is 0.619 bits per heavy atom. The van der Waals surface area contributed by atoms with Gasteiger partial charge in [0.15, 0.2) is 0 Å². The number of carbonyl (C=O) groups excluding carboxylic acids is 2. The molecule has 0 saturated heterocycles. The number of rotatable bonds is 10. The van der Waals surface area contributed by atoms with Gasteiger partial charge in [-0.05, 0) is 62.4 Å². The van der Waals surface area contributed by atoms with Gasteiger partial charge in [0.2, 0.25) is 23.7 Å². The third-order valence-corrected chi connectivity index (χ3v) is 11.7. The van der Waals surface area contributed by atoms with E-state index >= 15 is 0 Å². The van der Waals surface area contributed by atoms with Crippen molar-refractivity contribution in [1.82, 2.24) is 29.7 Å². The van der Waals surface area contributed by atoms with Gasteiger partial charge in [0.05, 0.1) is 0 Å². The summed E-state index contributed by atoms with van der Waals surface area (Å²) in [6.45, 7) is 88.4. The number of pyridine rings is 1. The number of anilines is 4. The second-order valence-electron chi connectivity index (χ2n) is 33.9. The van der Waals surface area contributed by atoms with Gasteiger partial charge in [0, 0.05) is 95.4 Å². The van der Waals surface area contributed by atoms with Gasteiger partial charge in [-0.3, -0.25) is 9.59 Å². The summed E-state index contributed by atoms with van der Waals surface area (Å²) < 4.78 is 0. The molecule has 0 fully saturated rings. The van der Waals surface area contributed by atoms with Gasteiger partial charge in [-0.25, -0.2) is 4.98 Å². The van der Waals surface area contributed by atoms with Crippen LogP contribution >= 0.6 is 0 Å². The lowest BCUT2D eigenvalue weighted by atomic mass is 9.94. The second-order valence-corrected chi connectivity index (χ2v) is 33.9. The van der Waals surface area contributed by atoms with E-state index in [1.165, 1.54) is 25.7 Å². The van der Waals surface area contributed by atoms with Gasteiger partial charge >= 0.3 is 0 Å². The van der Waals surface area contributed by atoms with Crippen LogP contribution in [-0.2, 0) is 9.59 Å². The van der Waals surface area contributed by atoms with E-state index in [0.717, 1.165) is 68.6 Å². The summed E-state index contributed by atoms with van der Waals surface area (Å²) in [6.07, 6.45) is 5.04. The molecule has 2 aromatic carbocycles. The molecule has 2 aromatic heterocycles. The zero-order valence-corrected chi connectivity index (χ0v) is 73.5. The summed E-state index contributed by atoms with van der Waals surface area (Å²) in [4.78, 5) is 52.0. The quantitative estimate of drug-likeness (QED) is 0.152. The average molecular weight is 1360 g/mol. The fourth-order valence-corrected chi connectivity index (χ4v) is 7.20. The van der Waals surface area contributed by atoms with Crippen LogP contribution in [0.4, 0.5) is 23.5 Å². The molecular weight excluding hydrogens is 1190 g/mol. The van der Waals surface area contributed by atoms with Gasteiger partial charge in [-0.1, -0.05) is 354 Å². The molecule has 0 aliphatic rings. The molecule has 12 heteroatoms. The monoisotopic (exact) mass is 1360 g/mol. The fraction of sp³-hybridized carbons (Fsp3) is 0.741. The Kier molecular flexibility index (Phi) is 67.8. The highest BCUT2D eigenvalue weighted by Gasteiger charge is 2.22. The van der Waals surface area contributed by atoms with Gasteiger partial charge in [-0.2, -0.15) is 15.0 Å². The standard InChI is InChI=1S/C17H31N3.C16H31N5.2C8H17NO.2C6H6.2C6H14.2C3H8.3C2H6/c1-16(2,3)12-19(7)14-10-9-11-15(18-14)20(8)13-17(4,5)6;1-12-17-13(20(8)10-15(2,3)4)19-14(18-12)21(9)11-16(5,6)7;2*1-7(10)9(5)6-8(2,3)4;2*1-2-4-6-5-3-1;2*1-5-6(2,3)4;2*1-3-2;3*1-2/h9-11H,12-13H2,1-8H3;10-11H2,1-9H3;2*6H2,1-5H3;2*1-6H;2*5H2,1-4H3;2*3H2,1-2H3;3*1-2H3. The Labute approximate surface area is 608 Å². The molecule has 12 nitrogen and oxygen atoms in total. The SMILES string of the molecule is CC.CC.CC.CC(=O)N(C)CC(C)(C)C.CC(=O)N(C)CC(C)(C)C.CCC.CCC.CCC(C)(C)C.CCC(C)(C)C.CN(CC(C)(C)C)c1cccc(N(C)CC(C)(C)C)n1.Cc1nc(N(C)CC(C)(C)C)nc(N(C)CC(C)(C)C)n1.c1ccccc1.c1ccccc1. The van der Waals surface area contributed by atoms with Crippen molar-refractivity contribution in [2.75, 3.05) is 101 Å². The smallest absolute Gasteiger partial charge is 0.230 e. The largest absolute Gasteiger partial charge is 0.359 e. The molecule has 97 heavy (non-hydrogen) atoms. The maximum absolute atomic E-state index is 10.7. The number of benzene rings is 2. The lowest BCUT2D eigenvalue weighted by Crippen LogP contribution is -2.33. The molecule has 4 rings (SSSR count). The Morgan fingerprint density at radius 1 is 0.299 bits per heavy atom. The van der Waals surface area contributed by atoms with Crippen LogP contribution in [0.2, 0.25) is 0 Å². The van der Waals surface area contributed by atoms with Crippen LogP contribution in [0.3, 0.4) is 0 Å². The molecule has 0 aliphatic carbocycles. The number of nitrogens with zero attached hydrogens (tertiary/aromatic N) is 10. The van der Waals surface area contributed by atoms with Crippen LogP contribution in [0.25, 0.3) is 0 Å². The molecule has 0 saturated carbocycles. The van der Waals surface area contributed by atoms with E-state index < -0.39 is 0 Å². The van der Waals surface area contributed by atoms with E-state index in [1.54, 1.807) is 23.6 Å². The Bertz CT molecular complexity index is 2130. The Balaban J connectivity index is -0.000000133. The van der Waals surface area contributed by atoms with Crippen molar-refractivity contribution < 1.29 is 9.59 Å². The van der Waals surface area contributed by atoms with Crippen molar-refractivity contribution in [2.45, 2.75) is 296 Å². The lowest BCUT2D eigenvalue weighted by molar-refractivity contribution is -0.129. The minimum atomic E-state index is 0.134. The van der Waals surface area contributed by atoms with Gasteiger partial charge < -0.3 is 29.4 Å². The van der Waals surface area contributed by atoms with Gasteiger partial charge in [-0.15, -0.1) is 0 Å². The van der Waals surface area contributed by atoms with Crippen molar-refractivity contribution >= 4 is 35.3 Å². The lowest BCUT2D eigenvalue weighted by Gasteiger charge is -2.30. The van der Waals surface area contributed by atoms with E-state index in [9.17, 15) is 9.59 Å². The van der Waals surface area contributed by atoms with Crippen molar-refractivity contribution in [2.24, 2.45) is 43.3 Å². The molecule has 0 N–H and O–H groups in total. The van der Waals surface area contributed by atoms with Crippen LogP contribution in [0.15, 0.2) is 91.0 Å². The second kappa shape index (κ2) is 59.6. The highest BCUT2D eigenvalue weighted by Crippen LogP contribution is 2.25. The van der Waals surface area contributed by atoms with Crippen molar-refractivity contribution in [3.8, 4) is 0 Å². The van der Waals surface area contributed by atoms with E-state index in [-0.39, 0.29) is 44.3 Å². The Morgan fingerprint density at radius 2 is 0.474 bits per heavy atom. The zero-order valence-electron chi connectivity index (χ0n) is 73.5. The predicted molar refractivity (Wildman–Crippen MR) is 444 cm³/mol. The fourth-order valence-electron chi connectivity index (χ4n) is 7.20. The summed E-state index contributed by atoms with van der Waals surface area (Å²) >= 11 is 0. The summed E-state index contributed by atoms with van der Waals surface area (Å²) in [6, 6.07) is 30.3. The summed E-state index contributed by atoms with van der Waals surface area (Å²) in [7, 11) is 11.9. The minimum absolute atomic E-state index is 0.134. The van der Waals surface area contributed by atoms with Gasteiger partial charge in [0.1, 0.15) is 17.5 Å². The number of hydrogen-bond donors (Lipinski definition) is 0.